The lowest BCUT2D eigenvalue weighted by atomic mass is 9.82. The van der Waals surface area contributed by atoms with Crippen LogP contribution in [0.2, 0.25) is 0 Å². The van der Waals surface area contributed by atoms with E-state index in [0.29, 0.717) is 13.1 Å². The third kappa shape index (κ3) is 3.03. The number of halogens is 1. The minimum atomic E-state index is -0.305. The average Bonchev–Trinajstić information content (AvgIpc) is 3.22. The summed E-state index contributed by atoms with van der Waals surface area (Å²) >= 11 is 0. The number of nitrogens with zero attached hydrogens (tertiary/aromatic N) is 2. The number of amides is 2. The number of nitrogens with one attached hydrogen (secondary N) is 2. The van der Waals surface area contributed by atoms with Gasteiger partial charge in [-0.1, -0.05) is 12.1 Å². The Bertz CT molecular complexity index is 1130. The van der Waals surface area contributed by atoms with E-state index in [1.54, 1.807) is 12.1 Å². The molecule has 2 amide bonds. The molecule has 3 aromatic rings. The van der Waals surface area contributed by atoms with E-state index in [1.807, 2.05) is 49.2 Å². The Morgan fingerprint density at radius 3 is 2.70 bits per heavy atom. The van der Waals surface area contributed by atoms with E-state index < -0.39 is 0 Å². The summed E-state index contributed by atoms with van der Waals surface area (Å²) < 4.78 is 16.0. The van der Waals surface area contributed by atoms with Crippen molar-refractivity contribution in [2.45, 2.75) is 32.2 Å². The lowest BCUT2D eigenvalue weighted by Gasteiger charge is -2.46. The van der Waals surface area contributed by atoms with Gasteiger partial charge < -0.3 is 20.1 Å². The van der Waals surface area contributed by atoms with Crippen LogP contribution >= 0.6 is 0 Å². The van der Waals surface area contributed by atoms with Crippen molar-refractivity contribution in [2.75, 3.05) is 23.7 Å². The molecule has 6 heteroatoms. The first kappa shape index (κ1) is 18.7. The minimum Gasteiger partial charge on any atom is -0.372 e. The number of hydrogen-bond donors (Lipinski definition) is 2. The van der Waals surface area contributed by atoms with Gasteiger partial charge in [-0.25, -0.2) is 9.18 Å². The molecule has 1 saturated heterocycles. The maximum absolute atomic E-state index is 13.9. The Labute approximate surface area is 175 Å². The molecule has 154 valence electrons. The molecule has 5 rings (SSSR count). The van der Waals surface area contributed by atoms with Crippen LogP contribution in [0.1, 0.15) is 29.7 Å². The highest BCUT2D eigenvalue weighted by molar-refractivity contribution is 5.90. The second-order valence-corrected chi connectivity index (χ2v) is 8.37. The number of anilines is 2. The zero-order valence-electron chi connectivity index (χ0n) is 17.2. The molecule has 0 unspecified atom stereocenters. The molecule has 1 spiro atoms. The normalized spacial score (nSPS) is 16.6. The van der Waals surface area contributed by atoms with Crippen molar-refractivity contribution >= 4 is 17.4 Å². The maximum Gasteiger partial charge on any atom is 0.321 e. The first-order valence-electron chi connectivity index (χ1n) is 10.3. The SMILES string of the molecule is Cc1ccc(C)c(NC(=O)N2CCC3(CC2)Nc2cc(F)ccc2-n2cccc23)c1. The standard InChI is InChI=1S/C24H25FN4O/c1-16-5-6-17(2)19(14-16)26-23(30)28-12-9-24(10-13-28)22-4-3-11-29(22)21-8-7-18(25)15-20(21)27-24/h3-8,11,14-15,27H,9-10,12-13H2,1-2H3,(H,26,30). The molecule has 0 radical (unpaired) electrons. The fraction of sp³-hybridized carbons (Fsp3) is 0.292. The molecule has 2 aliphatic rings. The molecule has 0 saturated carbocycles. The summed E-state index contributed by atoms with van der Waals surface area (Å²) in [5.41, 5.74) is 5.63. The Morgan fingerprint density at radius 1 is 1.10 bits per heavy atom. The lowest BCUT2D eigenvalue weighted by Crippen LogP contribution is -2.51. The van der Waals surface area contributed by atoms with Crippen LogP contribution in [0.5, 0.6) is 0 Å². The van der Waals surface area contributed by atoms with Crippen LogP contribution in [0.25, 0.3) is 5.69 Å². The van der Waals surface area contributed by atoms with Gasteiger partial charge in [0.15, 0.2) is 0 Å². The van der Waals surface area contributed by atoms with Gasteiger partial charge in [0, 0.05) is 30.7 Å². The topological polar surface area (TPSA) is 49.3 Å². The van der Waals surface area contributed by atoms with Crippen molar-refractivity contribution in [1.82, 2.24) is 9.47 Å². The summed E-state index contributed by atoms with van der Waals surface area (Å²) in [5, 5.41) is 6.66. The summed E-state index contributed by atoms with van der Waals surface area (Å²) in [6, 6.07) is 15.0. The number of benzene rings is 2. The van der Waals surface area contributed by atoms with Crippen LogP contribution in [-0.2, 0) is 5.54 Å². The van der Waals surface area contributed by atoms with Gasteiger partial charge in [-0.3, -0.25) is 0 Å². The van der Waals surface area contributed by atoms with Crippen LogP contribution in [-0.4, -0.2) is 28.6 Å². The molecule has 2 aliphatic heterocycles. The molecule has 1 aromatic heterocycles. The Morgan fingerprint density at radius 2 is 1.90 bits per heavy atom. The lowest BCUT2D eigenvalue weighted by molar-refractivity contribution is 0.174. The Balaban J connectivity index is 1.35. The van der Waals surface area contributed by atoms with E-state index in [1.165, 1.54) is 6.07 Å². The molecule has 1 fully saturated rings. The van der Waals surface area contributed by atoms with Crippen molar-refractivity contribution in [3.05, 3.63) is 77.4 Å². The molecule has 0 aliphatic carbocycles. The summed E-state index contributed by atoms with van der Waals surface area (Å²) in [5.74, 6) is -0.252. The zero-order chi connectivity index (χ0) is 20.9. The zero-order valence-corrected chi connectivity index (χ0v) is 17.2. The van der Waals surface area contributed by atoms with Gasteiger partial charge in [-0.15, -0.1) is 0 Å². The summed E-state index contributed by atoms with van der Waals surface area (Å²) in [6.07, 6.45) is 3.54. The van der Waals surface area contributed by atoms with Gasteiger partial charge in [-0.05, 0) is 74.2 Å². The van der Waals surface area contributed by atoms with E-state index in [9.17, 15) is 9.18 Å². The van der Waals surface area contributed by atoms with Crippen molar-refractivity contribution in [3.8, 4) is 5.69 Å². The average molecular weight is 404 g/mol. The molecule has 5 nitrogen and oxygen atoms in total. The van der Waals surface area contributed by atoms with Crippen LogP contribution in [0.15, 0.2) is 54.7 Å². The number of fused-ring (bicyclic) bond motifs is 4. The van der Waals surface area contributed by atoms with Gasteiger partial charge >= 0.3 is 6.03 Å². The number of aromatic nitrogens is 1. The van der Waals surface area contributed by atoms with E-state index in [0.717, 1.165) is 46.7 Å². The summed E-state index contributed by atoms with van der Waals surface area (Å²) in [4.78, 5) is 14.7. The predicted octanol–water partition coefficient (Wildman–Crippen LogP) is 5.18. The summed E-state index contributed by atoms with van der Waals surface area (Å²) in [7, 11) is 0. The molecule has 2 N–H and O–H groups in total. The van der Waals surface area contributed by atoms with Crippen molar-refractivity contribution in [3.63, 3.8) is 0 Å². The molecule has 2 aromatic carbocycles. The van der Waals surface area contributed by atoms with Crippen LogP contribution in [0.3, 0.4) is 0 Å². The fourth-order valence-corrected chi connectivity index (χ4v) is 4.66. The second kappa shape index (κ2) is 6.90. The number of hydrogen-bond acceptors (Lipinski definition) is 2. The van der Waals surface area contributed by atoms with Crippen LogP contribution in [0.4, 0.5) is 20.6 Å². The number of rotatable bonds is 1. The number of urea groups is 1. The highest BCUT2D eigenvalue weighted by Crippen LogP contribution is 2.43. The molecular weight excluding hydrogens is 379 g/mol. The van der Waals surface area contributed by atoms with E-state index in [-0.39, 0.29) is 17.4 Å². The molecular formula is C24H25FN4O. The van der Waals surface area contributed by atoms with Gasteiger partial charge in [-0.2, -0.15) is 0 Å². The number of piperidine rings is 1. The number of carbonyl (C=O) groups is 1. The van der Waals surface area contributed by atoms with Gasteiger partial charge in [0.25, 0.3) is 0 Å². The van der Waals surface area contributed by atoms with Gasteiger partial charge in [0.2, 0.25) is 0 Å². The molecule has 30 heavy (non-hydrogen) atoms. The van der Waals surface area contributed by atoms with Crippen LogP contribution in [0, 0.1) is 19.7 Å². The van der Waals surface area contributed by atoms with Crippen molar-refractivity contribution in [2.24, 2.45) is 0 Å². The minimum absolute atomic E-state index is 0.0730. The monoisotopic (exact) mass is 404 g/mol. The maximum atomic E-state index is 13.9. The van der Waals surface area contributed by atoms with Crippen molar-refractivity contribution in [1.29, 1.82) is 0 Å². The largest absolute Gasteiger partial charge is 0.372 e. The van der Waals surface area contributed by atoms with E-state index in [2.05, 4.69) is 21.3 Å². The van der Waals surface area contributed by atoms with Crippen LogP contribution < -0.4 is 10.6 Å². The Kier molecular flexibility index (Phi) is 4.31. The summed E-state index contributed by atoms with van der Waals surface area (Å²) in [6.45, 7) is 5.26. The first-order valence-corrected chi connectivity index (χ1v) is 10.3. The molecule has 0 atom stereocenters. The fourth-order valence-electron chi connectivity index (χ4n) is 4.66. The second-order valence-electron chi connectivity index (χ2n) is 8.37. The van der Waals surface area contributed by atoms with E-state index in [4.69, 9.17) is 0 Å². The molecule has 0 bridgehead atoms. The number of likely N-dealkylation sites (tertiary alicyclic amines) is 1. The van der Waals surface area contributed by atoms with Gasteiger partial charge in [0.05, 0.1) is 16.9 Å². The smallest absolute Gasteiger partial charge is 0.321 e. The number of aryl methyl sites for hydroxylation is 2. The van der Waals surface area contributed by atoms with Crippen molar-refractivity contribution < 1.29 is 9.18 Å². The molecule has 3 heterocycles. The first-order chi connectivity index (χ1) is 14.4. The predicted molar refractivity (Wildman–Crippen MR) is 117 cm³/mol. The Hall–Kier alpha value is -3.28. The third-order valence-electron chi connectivity index (χ3n) is 6.37. The highest BCUT2D eigenvalue weighted by atomic mass is 19.1. The van der Waals surface area contributed by atoms with E-state index >= 15 is 0 Å². The van der Waals surface area contributed by atoms with Gasteiger partial charge in [0.1, 0.15) is 5.82 Å². The quantitative estimate of drug-likeness (QED) is 0.587. The number of carbonyl (C=O) groups excluding carboxylic acids is 1. The third-order valence-corrected chi connectivity index (χ3v) is 6.37. The highest BCUT2D eigenvalue weighted by Gasteiger charge is 2.42.